The predicted octanol–water partition coefficient (Wildman–Crippen LogP) is 1.92. The number of halogens is 1. The highest BCUT2D eigenvalue weighted by Crippen LogP contribution is 2.18. The Morgan fingerprint density at radius 1 is 1.52 bits per heavy atom. The number of benzene rings is 1. The lowest BCUT2D eigenvalue weighted by atomic mass is 10.2. The first-order chi connectivity index (χ1) is 10.0. The molecule has 2 N–H and O–H groups in total. The third-order valence-corrected chi connectivity index (χ3v) is 3.43. The number of nitrogens with one attached hydrogen (secondary N) is 2. The number of hydrogen-bond acceptors (Lipinski definition) is 3. The van der Waals surface area contributed by atoms with E-state index in [0.29, 0.717) is 17.3 Å². The molecule has 0 bridgehead atoms. The summed E-state index contributed by atoms with van der Waals surface area (Å²) in [5.74, 6) is -0.724. The first kappa shape index (κ1) is 13.6. The molecule has 0 aliphatic carbocycles. The molecule has 1 atom stereocenters. The Morgan fingerprint density at radius 2 is 2.33 bits per heavy atom. The van der Waals surface area contributed by atoms with Gasteiger partial charge in [-0.1, -0.05) is 17.7 Å². The lowest BCUT2D eigenvalue weighted by Crippen LogP contribution is -2.42. The van der Waals surface area contributed by atoms with Gasteiger partial charge in [-0.2, -0.15) is 0 Å². The second-order valence-corrected chi connectivity index (χ2v) is 5.37. The van der Waals surface area contributed by atoms with Gasteiger partial charge < -0.3 is 15.2 Å². The van der Waals surface area contributed by atoms with Crippen molar-refractivity contribution in [1.29, 1.82) is 0 Å². The molecule has 21 heavy (non-hydrogen) atoms. The van der Waals surface area contributed by atoms with Gasteiger partial charge in [0.25, 0.3) is 11.8 Å². The van der Waals surface area contributed by atoms with E-state index < -0.39 is 5.91 Å². The zero-order valence-electron chi connectivity index (χ0n) is 11.3. The van der Waals surface area contributed by atoms with Crippen LogP contribution >= 0.6 is 11.6 Å². The highest BCUT2D eigenvalue weighted by Gasteiger charge is 2.28. The van der Waals surface area contributed by atoms with Crippen molar-refractivity contribution in [3.63, 3.8) is 0 Å². The number of carbonyl (C=O) groups is 2. The fraction of sp³-hybridized carbons (Fsp3) is 0.214. The molecule has 0 saturated heterocycles. The molecule has 0 saturated carbocycles. The van der Waals surface area contributed by atoms with Crippen molar-refractivity contribution in [1.82, 2.24) is 14.9 Å². The summed E-state index contributed by atoms with van der Waals surface area (Å²) >= 11 is 5.87. The monoisotopic (exact) mass is 304 g/mol. The molecule has 1 aliphatic rings. The second-order valence-electron chi connectivity index (χ2n) is 4.93. The van der Waals surface area contributed by atoms with E-state index in [9.17, 15) is 9.59 Å². The molecule has 2 heterocycles. The number of imidazole rings is 1. The maximum atomic E-state index is 12.3. The predicted molar refractivity (Wildman–Crippen MR) is 78.6 cm³/mol. The summed E-state index contributed by atoms with van der Waals surface area (Å²) in [6.45, 7) is 2.49. The van der Waals surface area contributed by atoms with E-state index in [1.165, 1.54) is 6.33 Å². The number of fused-ring (bicyclic) bond motifs is 1. The van der Waals surface area contributed by atoms with E-state index in [-0.39, 0.29) is 23.3 Å². The van der Waals surface area contributed by atoms with Crippen LogP contribution in [0.3, 0.4) is 0 Å². The Morgan fingerprint density at radius 3 is 3.10 bits per heavy atom. The normalized spacial score (nSPS) is 17.0. The van der Waals surface area contributed by atoms with Crippen molar-refractivity contribution in [3.8, 4) is 0 Å². The summed E-state index contributed by atoms with van der Waals surface area (Å²) in [7, 11) is 0. The molecule has 0 spiro atoms. The Kier molecular flexibility index (Phi) is 3.39. The van der Waals surface area contributed by atoms with Crippen LogP contribution in [-0.4, -0.2) is 27.4 Å². The fourth-order valence-corrected chi connectivity index (χ4v) is 2.50. The molecular formula is C14H13ClN4O2. The average molecular weight is 305 g/mol. The van der Waals surface area contributed by atoms with E-state index in [1.54, 1.807) is 28.8 Å². The molecule has 0 fully saturated rings. The quantitative estimate of drug-likeness (QED) is 0.890. The molecule has 108 valence electrons. The Hall–Kier alpha value is -2.34. The molecule has 3 rings (SSSR count). The van der Waals surface area contributed by atoms with Gasteiger partial charge in [0.15, 0.2) is 5.69 Å². The molecule has 2 aromatic rings. The highest BCUT2D eigenvalue weighted by molar-refractivity contribution is 6.31. The van der Waals surface area contributed by atoms with E-state index in [2.05, 4.69) is 15.6 Å². The standard InChI is InChI=1S/C14H13ClN4O2/c1-8-6-19-7-16-11(12(19)14(21)17-8)13(20)18-10-4-2-3-9(15)5-10/h2-5,7-8H,6H2,1H3,(H,17,21)(H,18,20)/t8-/m0/s1. The van der Waals surface area contributed by atoms with E-state index in [1.807, 2.05) is 6.92 Å². The first-order valence-corrected chi connectivity index (χ1v) is 6.85. The summed E-state index contributed by atoms with van der Waals surface area (Å²) < 4.78 is 1.69. The first-order valence-electron chi connectivity index (χ1n) is 6.47. The zero-order chi connectivity index (χ0) is 15.0. The van der Waals surface area contributed by atoms with Crippen LogP contribution in [0.25, 0.3) is 0 Å². The van der Waals surface area contributed by atoms with Crippen LogP contribution in [0.2, 0.25) is 5.02 Å². The van der Waals surface area contributed by atoms with E-state index in [4.69, 9.17) is 11.6 Å². The van der Waals surface area contributed by atoms with E-state index in [0.717, 1.165) is 0 Å². The molecule has 2 amide bonds. The lowest BCUT2D eigenvalue weighted by Gasteiger charge is -2.22. The average Bonchev–Trinajstić information content (AvgIpc) is 2.82. The van der Waals surface area contributed by atoms with Crippen LogP contribution < -0.4 is 10.6 Å². The van der Waals surface area contributed by atoms with Gasteiger partial charge in [-0.15, -0.1) is 0 Å². The summed E-state index contributed by atoms with van der Waals surface area (Å²) in [5, 5.41) is 6.00. The SMILES string of the molecule is C[C@H]1Cn2cnc(C(=O)Nc3cccc(Cl)c3)c2C(=O)N1. The number of aromatic nitrogens is 2. The summed E-state index contributed by atoms with van der Waals surface area (Å²) in [6, 6.07) is 6.81. The third kappa shape index (κ3) is 2.62. The van der Waals surface area contributed by atoms with Gasteiger partial charge in [0.2, 0.25) is 0 Å². The Labute approximate surface area is 126 Å². The van der Waals surface area contributed by atoms with Crippen molar-refractivity contribution >= 4 is 29.1 Å². The van der Waals surface area contributed by atoms with Gasteiger partial charge >= 0.3 is 0 Å². The summed E-state index contributed by atoms with van der Waals surface area (Å²) in [5.41, 5.74) is 0.950. The maximum Gasteiger partial charge on any atom is 0.276 e. The van der Waals surface area contributed by atoms with E-state index >= 15 is 0 Å². The van der Waals surface area contributed by atoms with Crippen molar-refractivity contribution in [2.24, 2.45) is 0 Å². The topological polar surface area (TPSA) is 76.0 Å². The molecular weight excluding hydrogens is 292 g/mol. The van der Waals surface area contributed by atoms with Crippen LogP contribution in [-0.2, 0) is 6.54 Å². The number of rotatable bonds is 2. The van der Waals surface area contributed by atoms with Crippen LogP contribution in [0.15, 0.2) is 30.6 Å². The van der Waals surface area contributed by atoms with Crippen LogP contribution in [0.4, 0.5) is 5.69 Å². The maximum absolute atomic E-state index is 12.3. The van der Waals surface area contributed by atoms with Gasteiger partial charge in [-0.05, 0) is 25.1 Å². The Bertz CT molecular complexity index is 726. The van der Waals surface area contributed by atoms with Crippen molar-refractivity contribution in [3.05, 3.63) is 47.0 Å². The minimum Gasteiger partial charge on any atom is -0.346 e. The number of hydrogen-bond donors (Lipinski definition) is 2. The van der Waals surface area contributed by atoms with Crippen molar-refractivity contribution in [2.45, 2.75) is 19.5 Å². The lowest BCUT2D eigenvalue weighted by molar-refractivity contribution is 0.0895. The number of nitrogens with zero attached hydrogens (tertiary/aromatic N) is 2. The zero-order valence-corrected chi connectivity index (χ0v) is 12.0. The molecule has 1 aliphatic heterocycles. The van der Waals surface area contributed by atoms with Gasteiger partial charge in [-0.25, -0.2) is 4.98 Å². The Balaban J connectivity index is 1.88. The molecule has 0 radical (unpaired) electrons. The second kappa shape index (κ2) is 5.21. The smallest absolute Gasteiger partial charge is 0.276 e. The van der Waals surface area contributed by atoms with Gasteiger partial charge in [0.05, 0.1) is 6.33 Å². The van der Waals surface area contributed by atoms with Gasteiger partial charge in [0, 0.05) is 23.3 Å². The molecule has 0 unspecified atom stereocenters. The molecule has 7 heteroatoms. The van der Waals surface area contributed by atoms with Crippen molar-refractivity contribution < 1.29 is 9.59 Å². The number of amides is 2. The minimum absolute atomic E-state index is 0.0167. The summed E-state index contributed by atoms with van der Waals surface area (Å²) in [4.78, 5) is 28.3. The minimum atomic E-state index is -0.435. The summed E-state index contributed by atoms with van der Waals surface area (Å²) in [6.07, 6.45) is 1.51. The van der Waals surface area contributed by atoms with Crippen LogP contribution in [0, 0.1) is 0 Å². The van der Waals surface area contributed by atoms with Gasteiger partial charge in [0.1, 0.15) is 5.69 Å². The largest absolute Gasteiger partial charge is 0.346 e. The molecule has 1 aromatic carbocycles. The molecule has 6 nitrogen and oxygen atoms in total. The highest BCUT2D eigenvalue weighted by atomic mass is 35.5. The number of carbonyl (C=O) groups excluding carboxylic acids is 2. The van der Waals surface area contributed by atoms with Crippen LogP contribution in [0.5, 0.6) is 0 Å². The fourth-order valence-electron chi connectivity index (χ4n) is 2.31. The van der Waals surface area contributed by atoms with Crippen molar-refractivity contribution in [2.75, 3.05) is 5.32 Å². The third-order valence-electron chi connectivity index (χ3n) is 3.20. The number of anilines is 1. The molecule has 1 aromatic heterocycles. The van der Waals surface area contributed by atoms with Gasteiger partial charge in [-0.3, -0.25) is 9.59 Å². The van der Waals surface area contributed by atoms with Crippen LogP contribution in [0.1, 0.15) is 27.9 Å².